The molecule has 0 spiro atoms. The van der Waals surface area contributed by atoms with E-state index in [4.69, 9.17) is 11.6 Å². The predicted molar refractivity (Wildman–Crippen MR) is 87.6 cm³/mol. The third kappa shape index (κ3) is 3.10. The molecule has 0 bridgehead atoms. The molecule has 2 rings (SSSR count). The van der Waals surface area contributed by atoms with Gasteiger partial charge in [0.05, 0.1) is 15.6 Å². The molecule has 0 saturated carbocycles. The first-order valence-corrected chi connectivity index (χ1v) is 8.55. The zero-order chi connectivity index (χ0) is 16.7. The molecule has 0 fully saturated rings. The van der Waals surface area contributed by atoms with Gasteiger partial charge < -0.3 is 0 Å². The quantitative estimate of drug-likeness (QED) is 0.892. The fraction of sp³-hybridized carbons (Fsp3) is 0.250. The molecule has 0 aliphatic rings. The van der Waals surface area contributed by atoms with Crippen molar-refractivity contribution in [2.75, 3.05) is 4.72 Å². The molecule has 118 valence electrons. The van der Waals surface area contributed by atoms with Crippen molar-refractivity contribution in [3.63, 3.8) is 0 Å². The van der Waals surface area contributed by atoms with Crippen molar-refractivity contribution in [2.24, 2.45) is 0 Å². The molecular formula is C16H17ClFNO2S. The second kappa shape index (κ2) is 5.89. The zero-order valence-corrected chi connectivity index (χ0v) is 14.4. The van der Waals surface area contributed by atoms with Crippen LogP contribution in [0.2, 0.25) is 5.02 Å². The number of sulfonamides is 1. The van der Waals surface area contributed by atoms with E-state index in [1.807, 2.05) is 19.9 Å². The highest BCUT2D eigenvalue weighted by Gasteiger charge is 2.23. The lowest BCUT2D eigenvalue weighted by Gasteiger charge is -2.17. The van der Waals surface area contributed by atoms with Gasteiger partial charge in [0.2, 0.25) is 0 Å². The highest BCUT2D eigenvalue weighted by molar-refractivity contribution is 7.92. The average molecular weight is 342 g/mol. The van der Waals surface area contributed by atoms with Gasteiger partial charge in [-0.15, -0.1) is 0 Å². The minimum absolute atomic E-state index is 0.0169. The lowest BCUT2D eigenvalue weighted by molar-refractivity contribution is 0.599. The predicted octanol–water partition coefficient (Wildman–Crippen LogP) is 4.51. The average Bonchev–Trinajstić information content (AvgIpc) is 2.40. The number of nitrogens with one attached hydrogen (secondary N) is 1. The zero-order valence-electron chi connectivity index (χ0n) is 12.8. The Labute approximate surface area is 135 Å². The fourth-order valence-electron chi connectivity index (χ4n) is 2.35. The minimum Gasteiger partial charge on any atom is -0.278 e. The van der Waals surface area contributed by atoms with Crippen LogP contribution in [0.15, 0.2) is 29.2 Å². The van der Waals surface area contributed by atoms with E-state index in [-0.39, 0.29) is 15.6 Å². The molecule has 1 N–H and O–H groups in total. The topological polar surface area (TPSA) is 46.2 Å². The Kier molecular flexibility index (Phi) is 4.49. The Morgan fingerprint density at radius 3 is 2.05 bits per heavy atom. The Bertz CT molecular complexity index is 821. The Hall–Kier alpha value is -1.59. The first-order chi connectivity index (χ1) is 10.1. The summed E-state index contributed by atoms with van der Waals surface area (Å²) in [6, 6.07) is 5.49. The van der Waals surface area contributed by atoms with Gasteiger partial charge >= 0.3 is 0 Å². The van der Waals surface area contributed by atoms with Crippen LogP contribution in [0.1, 0.15) is 22.3 Å². The van der Waals surface area contributed by atoms with E-state index in [1.54, 1.807) is 13.8 Å². The summed E-state index contributed by atoms with van der Waals surface area (Å²) in [5.74, 6) is -0.522. The molecular weight excluding hydrogens is 325 g/mol. The molecule has 0 saturated heterocycles. The van der Waals surface area contributed by atoms with Crippen molar-refractivity contribution >= 4 is 27.3 Å². The van der Waals surface area contributed by atoms with Crippen molar-refractivity contribution in [1.82, 2.24) is 0 Å². The third-order valence-electron chi connectivity index (χ3n) is 3.74. The molecule has 0 aromatic heterocycles. The molecule has 0 heterocycles. The van der Waals surface area contributed by atoms with Crippen LogP contribution in [0.3, 0.4) is 0 Å². The molecule has 3 nitrogen and oxygen atoms in total. The number of benzene rings is 2. The molecule has 0 atom stereocenters. The molecule has 2 aromatic rings. The number of hydrogen-bond donors (Lipinski definition) is 1. The van der Waals surface area contributed by atoms with Crippen molar-refractivity contribution in [3.05, 3.63) is 57.4 Å². The van der Waals surface area contributed by atoms with Crippen LogP contribution in [0.25, 0.3) is 0 Å². The molecule has 6 heteroatoms. The molecule has 0 unspecified atom stereocenters. The Balaban J connectivity index is 2.57. The van der Waals surface area contributed by atoms with Gasteiger partial charge in [-0.3, -0.25) is 4.72 Å². The first kappa shape index (κ1) is 16.8. The van der Waals surface area contributed by atoms with Crippen LogP contribution in [0.5, 0.6) is 0 Å². The normalized spacial score (nSPS) is 11.5. The second-order valence-electron chi connectivity index (χ2n) is 5.32. The summed E-state index contributed by atoms with van der Waals surface area (Å²) >= 11 is 5.90. The van der Waals surface area contributed by atoms with Crippen LogP contribution in [0.4, 0.5) is 10.1 Å². The summed E-state index contributed by atoms with van der Waals surface area (Å²) in [4.78, 5) is 0.241. The van der Waals surface area contributed by atoms with Gasteiger partial charge in [0.15, 0.2) is 0 Å². The van der Waals surface area contributed by atoms with Gasteiger partial charge in [-0.2, -0.15) is 0 Å². The Morgan fingerprint density at radius 2 is 1.55 bits per heavy atom. The summed E-state index contributed by atoms with van der Waals surface area (Å²) in [6.45, 7) is 7.27. The van der Waals surface area contributed by atoms with Crippen LogP contribution in [0, 0.1) is 33.5 Å². The van der Waals surface area contributed by atoms with Gasteiger partial charge in [0.25, 0.3) is 10.0 Å². The summed E-state index contributed by atoms with van der Waals surface area (Å²) in [5.41, 5.74) is 3.33. The standard InChI is InChI=1S/C16H17ClFNO2S/c1-9-7-10(2)12(4)16(11(9)3)22(20,21)19-15-6-5-13(18)8-14(15)17/h5-8,19H,1-4H3. The summed E-state index contributed by atoms with van der Waals surface area (Å²) in [7, 11) is -3.81. The van der Waals surface area contributed by atoms with Crippen LogP contribution < -0.4 is 4.72 Å². The van der Waals surface area contributed by atoms with E-state index in [1.165, 1.54) is 6.07 Å². The maximum atomic E-state index is 13.1. The van der Waals surface area contributed by atoms with E-state index in [0.717, 1.165) is 23.3 Å². The summed E-state index contributed by atoms with van der Waals surface area (Å²) in [5, 5.41) is 0.0169. The number of aryl methyl sites for hydroxylation is 2. The van der Waals surface area contributed by atoms with Crippen LogP contribution >= 0.6 is 11.6 Å². The van der Waals surface area contributed by atoms with Crippen molar-refractivity contribution < 1.29 is 12.8 Å². The SMILES string of the molecule is Cc1cc(C)c(C)c(S(=O)(=O)Nc2ccc(F)cc2Cl)c1C. The molecule has 2 aromatic carbocycles. The first-order valence-electron chi connectivity index (χ1n) is 6.68. The van der Waals surface area contributed by atoms with Gasteiger partial charge in [-0.1, -0.05) is 17.7 Å². The van der Waals surface area contributed by atoms with E-state index in [0.29, 0.717) is 11.1 Å². The maximum absolute atomic E-state index is 13.1. The van der Waals surface area contributed by atoms with E-state index in [9.17, 15) is 12.8 Å². The van der Waals surface area contributed by atoms with Crippen molar-refractivity contribution in [1.29, 1.82) is 0 Å². The largest absolute Gasteiger partial charge is 0.278 e. The van der Waals surface area contributed by atoms with E-state index < -0.39 is 15.8 Å². The summed E-state index contributed by atoms with van der Waals surface area (Å²) < 4.78 is 41.0. The van der Waals surface area contributed by atoms with E-state index in [2.05, 4.69) is 4.72 Å². The van der Waals surface area contributed by atoms with Crippen molar-refractivity contribution in [2.45, 2.75) is 32.6 Å². The molecule has 0 amide bonds. The number of hydrogen-bond acceptors (Lipinski definition) is 2. The minimum atomic E-state index is -3.81. The second-order valence-corrected chi connectivity index (χ2v) is 7.35. The smallest absolute Gasteiger partial charge is 0.262 e. The fourth-order valence-corrected chi connectivity index (χ4v) is 4.32. The lowest BCUT2D eigenvalue weighted by Crippen LogP contribution is -2.17. The molecule has 22 heavy (non-hydrogen) atoms. The molecule has 0 radical (unpaired) electrons. The van der Waals surface area contributed by atoms with Crippen LogP contribution in [-0.2, 0) is 10.0 Å². The number of anilines is 1. The number of halogens is 2. The van der Waals surface area contributed by atoms with Crippen LogP contribution in [-0.4, -0.2) is 8.42 Å². The monoisotopic (exact) mass is 341 g/mol. The highest BCUT2D eigenvalue weighted by atomic mass is 35.5. The lowest BCUT2D eigenvalue weighted by atomic mass is 10.0. The van der Waals surface area contributed by atoms with Gasteiger partial charge in [-0.05, 0) is 68.1 Å². The molecule has 0 aliphatic heterocycles. The third-order valence-corrected chi connectivity index (χ3v) is 5.69. The molecule has 0 aliphatic carbocycles. The Morgan fingerprint density at radius 1 is 1.00 bits per heavy atom. The van der Waals surface area contributed by atoms with Crippen molar-refractivity contribution in [3.8, 4) is 0 Å². The van der Waals surface area contributed by atoms with E-state index >= 15 is 0 Å². The van der Waals surface area contributed by atoms with Gasteiger partial charge in [0.1, 0.15) is 5.82 Å². The number of rotatable bonds is 3. The van der Waals surface area contributed by atoms with Gasteiger partial charge in [-0.25, -0.2) is 12.8 Å². The summed E-state index contributed by atoms with van der Waals surface area (Å²) in [6.07, 6.45) is 0. The highest BCUT2D eigenvalue weighted by Crippen LogP contribution is 2.30. The van der Waals surface area contributed by atoms with Gasteiger partial charge in [0, 0.05) is 0 Å². The maximum Gasteiger partial charge on any atom is 0.262 e.